The van der Waals surface area contributed by atoms with Crippen LogP contribution in [-0.4, -0.2) is 131 Å². The Hall–Kier alpha value is -1.38. The standard InChI is InChI=1S/C33H64O12/c1-4-7-9-10-12-32(34)44-29-27-42-25-23-40-21-19-38-17-15-36-13-14-37-16-18-39-20-22-41-24-26-43-28-30-45-33(35)31(6-3)11-8-5-2/h31H,4-30H2,1-3H3. The number of carbonyl (C=O) groups excluding carboxylic acids is 2. The summed E-state index contributed by atoms with van der Waals surface area (Å²) in [5, 5.41) is 0. The lowest BCUT2D eigenvalue weighted by Crippen LogP contribution is -2.20. The first kappa shape index (κ1) is 43.6. The van der Waals surface area contributed by atoms with Crippen molar-refractivity contribution in [1.82, 2.24) is 0 Å². The molecule has 1 atom stereocenters. The second-order valence-electron chi connectivity index (χ2n) is 10.3. The summed E-state index contributed by atoms with van der Waals surface area (Å²) in [5.41, 5.74) is 0. The molecule has 0 N–H and O–H groups in total. The first-order chi connectivity index (χ1) is 22.2. The number of carbonyl (C=O) groups is 2. The van der Waals surface area contributed by atoms with Crippen molar-refractivity contribution in [3.8, 4) is 0 Å². The molecule has 0 radical (unpaired) electrons. The highest BCUT2D eigenvalue weighted by atomic mass is 16.6. The fourth-order valence-corrected chi connectivity index (χ4v) is 3.88. The van der Waals surface area contributed by atoms with E-state index >= 15 is 0 Å². The van der Waals surface area contributed by atoms with Gasteiger partial charge >= 0.3 is 11.9 Å². The van der Waals surface area contributed by atoms with E-state index in [1.807, 2.05) is 6.92 Å². The number of unbranched alkanes of at least 4 members (excludes halogenated alkanes) is 4. The zero-order valence-corrected chi connectivity index (χ0v) is 28.6. The van der Waals surface area contributed by atoms with Gasteiger partial charge in [-0.3, -0.25) is 9.59 Å². The van der Waals surface area contributed by atoms with Crippen molar-refractivity contribution in [2.24, 2.45) is 5.92 Å². The summed E-state index contributed by atoms with van der Waals surface area (Å²) in [6, 6.07) is 0. The minimum Gasteiger partial charge on any atom is -0.463 e. The van der Waals surface area contributed by atoms with E-state index < -0.39 is 0 Å². The van der Waals surface area contributed by atoms with Crippen LogP contribution < -0.4 is 0 Å². The second kappa shape index (κ2) is 37.1. The van der Waals surface area contributed by atoms with Crippen molar-refractivity contribution >= 4 is 11.9 Å². The zero-order chi connectivity index (χ0) is 32.9. The van der Waals surface area contributed by atoms with Crippen molar-refractivity contribution in [3.63, 3.8) is 0 Å². The van der Waals surface area contributed by atoms with Crippen molar-refractivity contribution in [1.29, 1.82) is 0 Å². The highest BCUT2D eigenvalue weighted by molar-refractivity contribution is 5.72. The highest BCUT2D eigenvalue weighted by Gasteiger charge is 2.16. The second-order valence-corrected chi connectivity index (χ2v) is 10.3. The van der Waals surface area contributed by atoms with Crippen molar-refractivity contribution in [2.75, 3.05) is 119 Å². The molecule has 0 amide bonds. The van der Waals surface area contributed by atoms with Crippen LogP contribution in [0.3, 0.4) is 0 Å². The Morgan fingerprint density at radius 1 is 0.422 bits per heavy atom. The third-order valence-corrected chi connectivity index (χ3v) is 6.53. The zero-order valence-electron chi connectivity index (χ0n) is 28.6. The molecular weight excluding hydrogens is 588 g/mol. The van der Waals surface area contributed by atoms with E-state index in [2.05, 4.69) is 13.8 Å². The van der Waals surface area contributed by atoms with Crippen LogP contribution in [0.4, 0.5) is 0 Å². The van der Waals surface area contributed by atoms with E-state index in [9.17, 15) is 9.59 Å². The maximum absolute atomic E-state index is 12.0. The minimum absolute atomic E-state index is 0.00448. The summed E-state index contributed by atoms with van der Waals surface area (Å²) < 4.78 is 54.0. The molecule has 0 saturated heterocycles. The molecule has 0 aliphatic heterocycles. The Kier molecular flexibility index (Phi) is 35.9. The largest absolute Gasteiger partial charge is 0.463 e. The third kappa shape index (κ3) is 33.8. The summed E-state index contributed by atoms with van der Waals surface area (Å²) in [5.74, 6) is -0.280. The van der Waals surface area contributed by atoms with Crippen LogP contribution >= 0.6 is 0 Å². The Morgan fingerprint density at radius 3 is 1.13 bits per heavy atom. The van der Waals surface area contributed by atoms with Gasteiger partial charge in [0.2, 0.25) is 0 Å². The average molecular weight is 653 g/mol. The molecule has 1 unspecified atom stereocenters. The summed E-state index contributed by atoms with van der Waals surface area (Å²) >= 11 is 0. The topological polar surface area (TPSA) is 126 Å². The third-order valence-electron chi connectivity index (χ3n) is 6.53. The van der Waals surface area contributed by atoms with Gasteiger partial charge < -0.3 is 47.4 Å². The maximum atomic E-state index is 12.0. The number of hydrogen-bond donors (Lipinski definition) is 0. The summed E-state index contributed by atoms with van der Waals surface area (Å²) in [6.07, 6.45) is 8.58. The number of rotatable bonds is 37. The molecule has 0 aromatic carbocycles. The molecule has 12 heteroatoms. The molecule has 0 rings (SSSR count). The van der Waals surface area contributed by atoms with Crippen LogP contribution in [0.1, 0.15) is 78.6 Å². The fraction of sp³-hybridized carbons (Fsp3) is 0.939. The lowest BCUT2D eigenvalue weighted by atomic mass is 10.00. The van der Waals surface area contributed by atoms with E-state index in [1.165, 1.54) is 0 Å². The Bertz CT molecular complexity index is 622. The molecule has 268 valence electrons. The minimum atomic E-state index is -0.154. The van der Waals surface area contributed by atoms with Gasteiger partial charge in [0.1, 0.15) is 13.2 Å². The van der Waals surface area contributed by atoms with Gasteiger partial charge in [-0.05, 0) is 19.3 Å². The molecule has 0 fully saturated rings. The molecule has 0 spiro atoms. The summed E-state index contributed by atoms with van der Waals surface area (Å²) in [4.78, 5) is 23.5. The maximum Gasteiger partial charge on any atom is 0.308 e. The molecule has 0 bridgehead atoms. The molecule has 12 nitrogen and oxygen atoms in total. The molecule has 45 heavy (non-hydrogen) atoms. The van der Waals surface area contributed by atoms with Gasteiger partial charge in [-0.25, -0.2) is 0 Å². The molecule has 0 aliphatic carbocycles. The average Bonchev–Trinajstić information content (AvgIpc) is 3.04. The number of esters is 2. The van der Waals surface area contributed by atoms with Gasteiger partial charge in [0.25, 0.3) is 0 Å². The van der Waals surface area contributed by atoms with E-state index in [0.717, 1.165) is 51.4 Å². The molecule has 0 heterocycles. The van der Waals surface area contributed by atoms with Gasteiger partial charge in [-0.15, -0.1) is 0 Å². The van der Waals surface area contributed by atoms with Gasteiger partial charge in [-0.1, -0.05) is 52.9 Å². The Morgan fingerprint density at radius 2 is 0.778 bits per heavy atom. The fourth-order valence-electron chi connectivity index (χ4n) is 3.88. The predicted octanol–water partition coefficient (Wildman–Crippen LogP) is 4.39. The normalized spacial score (nSPS) is 12.0. The molecule has 0 aromatic rings. The van der Waals surface area contributed by atoms with Crippen LogP contribution in [0.2, 0.25) is 0 Å². The van der Waals surface area contributed by atoms with Crippen molar-refractivity contribution in [3.05, 3.63) is 0 Å². The highest BCUT2D eigenvalue weighted by Crippen LogP contribution is 2.14. The van der Waals surface area contributed by atoms with Crippen LogP contribution in [0.15, 0.2) is 0 Å². The van der Waals surface area contributed by atoms with E-state index in [0.29, 0.717) is 112 Å². The quantitative estimate of drug-likeness (QED) is 0.0698. The van der Waals surface area contributed by atoms with Crippen LogP contribution in [0.5, 0.6) is 0 Å². The summed E-state index contributed by atoms with van der Waals surface area (Å²) in [7, 11) is 0. The Balaban J connectivity index is 3.18. The lowest BCUT2D eigenvalue weighted by molar-refractivity contribution is -0.150. The van der Waals surface area contributed by atoms with Crippen molar-refractivity contribution in [2.45, 2.75) is 78.6 Å². The molecular formula is C33H64O12. The molecule has 0 aromatic heterocycles. The van der Waals surface area contributed by atoms with Gasteiger partial charge in [0.15, 0.2) is 0 Å². The smallest absolute Gasteiger partial charge is 0.308 e. The predicted molar refractivity (Wildman–Crippen MR) is 171 cm³/mol. The summed E-state index contributed by atoms with van der Waals surface area (Å²) in [6.45, 7) is 14.3. The lowest BCUT2D eigenvalue weighted by Gasteiger charge is -2.13. The van der Waals surface area contributed by atoms with Gasteiger partial charge in [0.05, 0.1) is 112 Å². The van der Waals surface area contributed by atoms with E-state index in [4.69, 9.17) is 47.4 Å². The van der Waals surface area contributed by atoms with Crippen LogP contribution in [0, 0.1) is 5.92 Å². The first-order valence-corrected chi connectivity index (χ1v) is 17.1. The van der Waals surface area contributed by atoms with Crippen molar-refractivity contribution < 1.29 is 57.0 Å². The number of hydrogen-bond acceptors (Lipinski definition) is 12. The van der Waals surface area contributed by atoms with E-state index in [1.54, 1.807) is 0 Å². The Labute approximate surface area is 272 Å². The van der Waals surface area contributed by atoms with Crippen LogP contribution in [-0.2, 0) is 57.0 Å². The first-order valence-electron chi connectivity index (χ1n) is 17.1. The monoisotopic (exact) mass is 652 g/mol. The SMILES string of the molecule is CCCCCCC(=O)OCCOCCOCCOCCOCCOCCOCCOCCOCCOC(=O)C(CC)CCCC. The van der Waals surface area contributed by atoms with Gasteiger partial charge in [0, 0.05) is 6.42 Å². The number of ether oxygens (including phenoxy) is 10. The van der Waals surface area contributed by atoms with Crippen LogP contribution in [0.25, 0.3) is 0 Å². The molecule has 0 saturated carbocycles. The molecule has 0 aliphatic rings. The van der Waals surface area contributed by atoms with E-state index in [-0.39, 0.29) is 31.1 Å². The van der Waals surface area contributed by atoms with Gasteiger partial charge in [-0.2, -0.15) is 0 Å².